The second kappa shape index (κ2) is 7.49. The smallest absolute Gasteiger partial charge is 0.257 e. The predicted molar refractivity (Wildman–Crippen MR) is 110 cm³/mol. The molecule has 2 heterocycles. The molecule has 2 aromatic carbocycles. The topological polar surface area (TPSA) is 53.4 Å². The maximum atomic E-state index is 12.8. The molecule has 4 nitrogen and oxygen atoms in total. The van der Waals surface area contributed by atoms with E-state index >= 15 is 0 Å². The summed E-state index contributed by atoms with van der Waals surface area (Å²) in [5, 5.41) is 11.9. The summed E-state index contributed by atoms with van der Waals surface area (Å²) in [5.41, 5.74) is 2.41. The van der Waals surface area contributed by atoms with Crippen LogP contribution in [0.4, 0.5) is 0 Å². The molecule has 0 radical (unpaired) electrons. The van der Waals surface area contributed by atoms with Crippen molar-refractivity contribution in [1.82, 2.24) is 9.88 Å². The van der Waals surface area contributed by atoms with Crippen molar-refractivity contribution in [3.8, 4) is 5.75 Å². The van der Waals surface area contributed by atoms with Gasteiger partial charge < -0.3 is 10.0 Å². The van der Waals surface area contributed by atoms with Crippen LogP contribution < -0.4 is 0 Å². The van der Waals surface area contributed by atoms with E-state index in [4.69, 9.17) is 16.6 Å². The molecule has 0 atom stereocenters. The van der Waals surface area contributed by atoms with Gasteiger partial charge in [-0.1, -0.05) is 24.6 Å². The summed E-state index contributed by atoms with van der Waals surface area (Å²) >= 11 is 7.77. The van der Waals surface area contributed by atoms with Gasteiger partial charge in [0.1, 0.15) is 5.75 Å². The van der Waals surface area contributed by atoms with Crippen molar-refractivity contribution >= 4 is 39.1 Å². The highest BCUT2D eigenvalue weighted by Crippen LogP contribution is 2.35. The largest absolute Gasteiger partial charge is 0.507 e. The Kier molecular flexibility index (Phi) is 5.06. The Morgan fingerprint density at radius 3 is 2.78 bits per heavy atom. The van der Waals surface area contributed by atoms with E-state index in [1.165, 1.54) is 0 Å². The lowest BCUT2D eigenvalue weighted by atomic mass is 9.96. The Labute approximate surface area is 167 Å². The van der Waals surface area contributed by atoms with Crippen LogP contribution in [0.2, 0.25) is 5.02 Å². The molecule has 0 unspecified atom stereocenters. The summed E-state index contributed by atoms with van der Waals surface area (Å²) in [6.07, 6.45) is 2.60. The first-order chi connectivity index (χ1) is 13.0. The number of phenols is 1. The van der Waals surface area contributed by atoms with Crippen molar-refractivity contribution in [2.45, 2.75) is 32.1 Å². The summed E-state index contributed by atoms with van der Waals surface area (Å²) in [6, 6.07) is 11.1. The van der Waals surface area contributed by atoms with E-state index in [1.807, 2.05) is 36.1 Å². The van der Waals surface area contributed by atoms with Gasteiger partial charge in [0, 0.05) is 24.0 Å². The second-order valence-electron chi connectivity index (χ2n) is 6.94. The Morgan fingerprint density at radius 1 is 1.26 bits per heavy atom. The molecule has 140 valence electrons. The normalized spacial score (nSPS) is 15.4. The Morgan fingerprint density at radius 2 is 2.04 bits per heavy atom. The number of piperidine rings is 1. The molecule has 1 aliphatic rings. The van der Waals surface area contributed by atoms with Crippen LogP contribution in [0.5, 0.6) is 5.75 Å². The highest BCUT2D eigenvalue weighted by molar-refractivity contribution is 7.18. The second-order valence-corrected chi connectivity index (χ2v) is 8.43. The average molecular weight is 401 g/mol. The van der Waals surface area contributed by atoms with E-state index in [2.05, 4.69) is 0 Å². The Hall–Kier alpha value is -2.11. The summed E-state index contributed by atoms with van der Waals surface area (Å²) in [7, 11) is 0. The number of thiazole rings is 1. The fraction of sp³-hybridized carbons (Fsp3) is 0.333. The quantitative estimate of drug-likeness (QED) is 0.654. The number of aromatic nitrogens is 1. The standard InChI is InChI=1S/C21H21ClN2O2S/c1-2-13-3-5-18(25)16(11-13)21(26)24-9-7-14(8-10-24)20-23-17-12-15(22)4-6-19(17)27-20/h3-6,11-12,14,25H,2,7-10H2,1H3. The lowest BCUT2D eigenvalue weighted by molar-refractivity contribution is 0.0710. The number of amides is 1. The average Bonchev–Trinajstić information content (AvgIpc) is 3.11. The van der Waals surface area contributed by atoms with Crippen LogP contribution in [0, 0.1) is 0 Å². The van der Waals surface area contributed by atoms with Crippen LogP contribution in [0.3, 0.4) is 0 Å². The van der Waals surface area contributed by atoms with Crippen molar-refractivity contribution < 1.29 is 9.90 Å². The van der Waals surface area contributed by atoms with Crippen molar-refractivity contribution in [2.75, 3.05) is 13.1 Å². The summed E-state index contributed by atoms with van der Waals surface area (Å²) in [6.45, 7) is 3.39. The highest BCUT2D eigenvalue weighted by Gasteiger charge is 2.27. The Bertz CT molecular complexity index is 993. The number of aromatic hydroxyl groups is 1. The van der Waals surface area contributed by atoms with Crippen molar-refractivity contribution in [3.05, 3.63) is 57.6 Å². The monoisotopic (exact) mass is 400 g/mol. The predicted octanol–water partition coefficient (Wildman–Crippen LogP) is 5.24. The zero-order chi connectivity index (χ0) is 19.0. The third kappa shape index (κ3) is 3.66. The molecule has 1 aromatic heterocycles. The van der Waals surface area contributed by atoms with Gasteiger partial charge in [0.25, 0.3) is 5.91 Å². The third-order valence-electron chi connectivity index (χ3n) is 5.20. The number of carbonyl (C=O) groups is 1. The number of benzene rings is 2. The van der Waals surface area contributed by atoms with E-state index < -0.39 is 0 Å². The zero-order valence-corrected chi connectivity index (χ0v) is 16.7. The van der Waals surface area contributed by atoms with Gasteiger partial charge in [0.15, 0.2) is 0 Å². The number of carbonyl (C=O) groups excluding carboxylic acids is 1. The van der Waals surface area contributed by atoms with Gasteiger partial charge in [0.2, 0.25) is 0 Å². The van der Waals surface area contributed by atoms with Gasteiger partial charge in [-0.05, 0) is 55.2 Å². The first-order valence-corrected chi connectivity index (χ1v) is 10.4. The van der Waals surface area contributed by atoms with Gasteiger partial charge in [-0.15, -0.1) is 11.3 Å². The Balaban J connectivity index is 1.47. The number of likely N-dealkylation sites (tertiary alicyclic amines) is 1. The fourth-order valence-electron chi connectivity index (χ4n) is 3.57. The van der Waals surface area contributed by atoms with Gasteiger partial charge >= 0.3 is 0 Å². The number of aryl methyl sites for hydroxylation is 1. The number of rotatable bonds is 3. The van der Waals surface area contributed by atoms with Gasteiger partial charge in [-0.25, -0.2) is 4.98 Å². The summed E-state index contributed by atoms with van der Waals surface area (Å²) < 4.78 is 1.15. The number of hydrogen-bond donors (Lipinski definition) is 1. The van der Waals surface area contributed by atoms with Crippen LogP contribution in [0.15, 0.2) is 36.4 Å². The maximum absolute atomic E-state index is 12.8. The summed E-state index contributed by atoms with van der Waals surface area (Å²) in [5.74, 6) is 0.334. The molecule has 1 N–H and O–H groups in total. The molecule has 0 bridgehead atoms. The molecule has 1 saturated heterocycles. The highest BCUT2D eigenvalue weighted by atomic mass is 35.5. The van der Waals surface area contributed by atoms with E-state index in [0.717, 1.165) is 40.1 Å². The number of halogens is 1. The van der Waals surface area contributed by atoms with Gasteiger partial charge in [-0.3, -0.25) is 4.79 Å². The van der Waals surface area contributed by atoms with Gasteiger partial charge in [-0.2, -0.15) is 0 Å². The SMILES string of the molecule is CCc1ccc(O)c(C(=O)N2CCC(c3nc4cc(Cl)ccc4s3)CC2)c1. The minimum Gasteiger partial charge on any atom is -0.507 e. The zero-order valence-electron chi connectivity index (χ0n) is 15.1. The molecule has 1 fully saturated rings. The maximum Gasteiger partial charge on any atom is 0.257 e. The molecule has 1 aliphatic heterocycles. The van der Waals surface area contributed by atoms with Crippen LogP contribution in [0.1, 0.15) is 46.6 Å². The fourth-order valence-corrected chi connectivity index (χ4v) is 4.85. The van der Waals surface area contributed by atoms with E-state index in [9.17, 15) is 9.90 Å². The van der Waals surface area contributed by atoms with Crippen LogP contribution in [-0.2, 0) is 6.42 Å². The number of nitrogens with zero attached hydrogens (tertiary/aromatic N) is 2. The lowest BCUT2D eigenvalue weighted by Gasteiger charge is -2.31. The number of phenolic OH excluding ortho intramolecular Hbond substituents is 1. The van der Waals surface area contributed by atoms with Crippen LogP contribution in [0.25, 0.3) is 10.2 Å². The van der Waals surface area contributed by atoms with Crippen LogP contribution in [-0.4, -0.2) is 34.0 Å². The number of fused-ring (bicyclic) bond motifs is 1. The minimum absolute atomic E-state index is 0.0578. The molecular formula is C21H21ClN2O2S. The van der Waals surface area contributed by atoms with Gasteiger partial charge in [0.05, 0.1) is 20.8 Å². The van der Waals surface area contributed by atoms with Crippen molar-refractivity contribution in [2.24, 2.45) is 0 Å². The molecule has 0 spiro atoms. The molecule has 4 rings (SSSR count). The first kappa shape index (κ1) is 18.3. The molecular weight excluding hydrogens is 380 g/mol. The van der Waals surface area contributed by atoms with Crippen molar-refractivity contribution in [3.63, 3.8) is 0 Å². The first-order valence-electron chi connectivity index (χ1n) is 9.22. The molecule has 0 aliphatic carbocycles. The molecule has 0 saturated carbocycles. The minimum atomic E-state index is -0.0858. The molecule has 3 aromatic rings. The lowest BCUT2D eigenvalue weighted by Crippen LogP contribution is -2.38. The van der Waals surface area contributed by atoms with Crippen molar-refractivity contribution in [1.29, 1.82) is 0 Å². The molecule has 1 amide bonds. The molecule has 27 heavy (non-hydrogen) atoms. The van der Waals surface area contributed by atoms with Crippen LogP contribution >= 0.6 is 22.9 Å². The van der Waals surface area contributed by atoms with E-state index in [0.29, 0.717) is 29.6 Å². The summed E-state index contributed by atoms with van der Waals surface area (Å²) in [4.78, 5) is 19.4. The van der Waals surface area contributed by atoms with E-state index in [1.54, 1.807) is 23.5 Å². The number of hydrogen-bond acceptors (Lipinski definition) is 4. The molecule has 6 heteroatoms. The third-order valence-corrected chi connectivity index (χ3v) is 6.63. The van der Waals surface area contributed by atoms with E-state index in [-0.39, 0.29) is 11.7 Å².